The first-order valence-electron chi connectivity index (χ1n) is 7.72. The molecule has 1 heterocycles. The zero-order valence-electron chi connectivity index (χ0n) is 13.6. The lowest BCUT2D eigenvalue weighted by atomic mass is 10.1. The van der Waals surface area contributed by atoms with E-state index in [1.54, 1.807) is 0 Å². The number of carbonyl (C=O) groups excluding carboxylic acids is 1. The van der Waals surface area contributed by atoms with Crippen LogP contribution >= 0.6 is 34.8 Å². The maximum atomic E-state index is 11.8. The number of nitrogens with one attached hydrogen (secondary N) is 1. The molecule has 0 unspecified atom stereocenters. The maximum absolute atomic E-state index is 11.8. The minimum atomic E-state index is -0.351. The predicted octanol–water partition coefficient (Wildman–Crippen LogP) is 4.00. The molecule has 1 N–H and O–H groups in total. The van der Waals surface area contributed by atoms with Crippen LogP contribution in [0.25, 0.3) is 0 Å². The number of carbonyl (C=O) groups is 1. The molecular formula is C16H20Cl3N3O2. The number of amides is 1. The SMILES string of the molecule is CC(C)N1CCC(=NNC(=O)COc2cc(Cl)c(Cl)cc2Cl)CC1. The molecule has 1 aromatic rings. The first-order chi connectivity index (χ1) is 11.4. The molecule has 0 aliphatic carbocycles. The van der Waals surface area contributed by atoms with E-state index < -0.39 is 0 Å². The summed E-state index contributed by atoms with van der Waals surface area (Å²) in [6, 6.07) is 3.49. The van der Waals surface area contributed by atoms with Crippen molar-refractivity contribution < 1.29 is 9.53 Å². The first kappa shape index (κ1) is 19.3. The molecule has 1 aliphatic rings. The second-order valence-electron chi connectivity index (χ2n) is 5.83. The predicted molar refractivity (Wildman–Crippen MR) is 98.5 cm³/mol. The van der Waals surface area contributed by atoms with Gasteiger partial charge in [-0.3, -0.25) is 4.79 Å². The Morgan fingerprint density at radius 1 is 1.21 bits per heavy atom. The molecule has 0 radical (unpaired) electrons. The fourth-order valence-corrected chi connectivity index (χ4v) is 2.93. The Hall–Kier alpha value is -1.01. The van der Waals surface area contributed by atoms with Gasteiger partial charge in [0.1, 0.15) is 5.75 Å². The van der Waals surface area contributed by atoms with E-state index in [2.05, 4.69) is 29.3 Å². The first-order valence-corrected chi connectivity index (χ1v) is 8.86. The summed E-state index contributed by atoms with van der Waals surface area (Å²) >= 11 is 17.7. The zero-order chi connectivity index (χ0) is 17.7. The average Bonchev–Trinajstić information content (AvgIpc) is 2.55. The molecule has 1 aromatic carbocycles. The number of hydrogen-bond donors (Lipinski definition) is 1. The van der Waals surface area contributed by atoms with Crippen LogP contribution in [0.2, 0.25) is 15.1 Å². The standard InChI is InChI=1S/C16H20Cl3N3O2/c1-10(2)22-5-3-11(4-6-22)20-21-16(23)9-24-15-8-13(18)12(17)7-14(15)19/h7-8,10H,3-6,9H2,1-2H3,(H,21,23). The molecule has 1 aliphatic heterocycles. The highest BCUT2D eigenvalue weighted by Crippen LogP contribution is 2.33. The fourth-order valence-electron chi connectivity index (χ4n) is 2.34. The molecule has 0 saturated carbocycles. The number of likely N-dealkylation sites (tertiary alicyclic amines) is 1. The van der Waals surface area contributed by atoms with Crippen LogP contribution in [-0.4, -0.2) is 42.3 Å². The van der Waals surface area contributed by atoms with Crippen LogP contribution in [0.3, 0.4) is 0 Å². The highest BCUT2D eigenvalue weighted by molar-refractivity contribution is 6.43. The molecule has 2 rings (SSSR count). The van der Waals surface area contributed by atoms with E-state index >= 15 is 0 Å². The molecular weight excluding hydrogens is 373 g/mol. The minimum absolute atomic E-state index is 0.202. The van der Waals surface area contributed by atoms with Gasteiger partial charge >= 0.3 is 0 Å². The Bertz CT molecular complexity index is 625. The molecule has 1 amide bonds. The van der Waals surface area contributed by atoms with Crippen molar-refractivity contribution in [2.75, 3.05) is 19.7 Å². The summed E-state index contributed by atoms with van der Waals surface area (Å²) in [7, 11) is 0. The summed E-state index contributed by atoms with van der Waals surface area (Å²) in [6.07, 6.45) is 1.72. The highest BCUT2D eigenvalue weighted by Gasteiger charge is 2.17. The maximum Gasteiger partial charge on any atom is 0.277 e. The van der Waals surface area contributed by atoms with Gasteiger partial charge in [-0.05, 0) is 19.9 Å². The number of benzene rings is 1. The topological polar surface area (TPSA) is 53.9 Å². The molecule has 24 heavy (non-hydrogen) atoms. The summed E-state index contributed by atoms with van der Waals surface area (Å²) < 4.78 is 5.36. The third kappa shape index (κ3) is 5.52. The Kier molecular flexibility index (Phi) is 7.16. The normalized spacial score (nSPS) is 15.5. The number of piperidine rings is 1. The van der Waals surface area contributed by atoms with Gasteiger partial charge in [0.05, 0.1) is 15.1 Å². The third-order valence-electron chi connectivity index (χ3n) is 3.78. The van der Waals surface area contributed by atoms with E-state index in [-0.39, 0.29) is 12.5 Å². The van der Waals surface area contributed by atoms with Crippen LogP contribution in [0.15, 0.2) is 17.2 Å². The fraction of sp³-hybridized carbons (Fsp3) is 0.500. The van der Waals surface area contributed by atoms with Crippen molar-refractivity contribution in [2.24, 2.45) is 5.10 Å². The van der Waals surface area contributed by atoms with Gasteiger partial charge in [-0.1, -0.05) is 34.8 Å². The van der Waals surface area contributed by atoms with E-state index in [0.717, 1.165) is 31.6 Å². The van der Waals surface area contributed by atoms with Gasteiger partial charge in [-0.25, -0.2) is 5.43 Å². The van der Waals surface area contributed by atoms with E-state index in [4.69, 9.17) is 39.5 Å². The molecule has 1 fully saturated rings. The van der Waals surface area contributed by atoms with E-state index in [0.29, 0.717) is 26.9 Å². The third-order valence-corrected chi connectivity index (χ3v) is 4.80. The molecule has 5 nitrogen and oxygen atoms in total. The number of ether oxygens (including phenoxy) is 1. The summed E-state index contributed by atoms with van der Waals surface area (Å²) in [5, 5.41) is 5.11. The molecule has 0 aromatic heterocycles. The molecule has 0 atom stereocenters. The van der Waals surface area contributed by atoms with Crippen molar-refractivity contribution in [2.45, 2.75) is 32.7 Å². The van der Waals surface area contributed by atoms with Gasteiger partial charge in [-0.2, -0.15) is 5.10 Å². The second-order valence-corrected chi connectivity index (χ2v) is 7.05. The minimum Gasteiger partial charge on any atom is -0.482 e. The zero-order valence-corrected chi connectivity index (χ0v) is 15.9. The Labute approximate surface area is 156 Å². The van der Waals surface area contributed by atoms with Gasteiger partial charge < -0.3 is 9.64 Å². The van der Waals surface area contributed by atoms with Crippen LogP contribution < -0.4 is 10.2 Å². The Balaban J connectivity index is 1.80. The monoisotopic (exact) mass is 391 g/mol. The molecule has 0 spiro atoms. The van der Waals surface area contributed by atoms with Gasteiger partial charge in [0, 0.05) is 43.8 Å². The molecule has 8 heteroatoms. The van der Waals surface area contributed by atoms with Crippen LogP contribution in [0, 0.1) is 0 Å². The Morgan fingerprint density at radius 2 is 1.83 bits per heavy atom. The van der Waals surface area contributed by atoms with Crippen LogP contribution in [0.5, 0.6) is 5.75 Å². The summed E-state index contributed by atoms with van der Waals surface area (Å²) in [6.45, 7) is 6.07. The van der Waals surface area contributed by atoms with Crippen molar-refractivity contribution in [3.63, 3.8) is 0 Å². The lowest BCUT2D eigenvalue weighted by Gasteiger charge is -2.30. The number of hydrazone groups is 1. The van der Waals surface area contributed by atoms with Crippen molar-refractivity contribution >= 4 is 46.4 Å². The number of halogens is 3. The number of nitrogens with zero attached hydrogens (tertiary/aromatic N) is 2. The van der Waals surface area contributed by atoms with Gasteiger partial charge in [0.25, 0.3) is 5.91 Å². The largest absolute Gasteiger partial charge is 0.482 e. The summed E-state index contributed by atoms with van der Waals surface area (Å²) in [4.78, 5) is 14.2. The van der Waals surface area contributed by atoms with Crippen molar-refractivity contribution in [1.29, 1.82) is 0 Å². The van der Waals surface area contributed by atoms with Crippen molar-refractivity contribution in [3.05, 3.63) is 27.2 Å². The van der Waals surface area contributed by atoms with Gasteiger partial charge in [0.2, 0.25) is 0 Å². The lowest BCUT2D eigenvalue weighted by Crippen LogP contribution is -2.39. The molecule has 0 bridgehead atoms. The Morgan fingerprint density at radius 3 is 2.46 bits per heavy atom. The van der Waals surface area contributed by atoms with E-state index in [1.807, 2.05) is 0 Å². The van der Waals surface area contributed by atoms with Gasteiger partial charge in [0.15, 0.2) is 6.61 Å². The van der Waals surface area contributed by atoms with Crippen LogP contribution in [-0.2, 0) is 4.79 Å². The smallest absolute Gasteiger partial charge is 0.277 e. The average molecular weight is 393 g/mol. The quantitative estimate of drug-likeness (QED) is 0.608. The van der Waals surface area contributed by atoms with Crippen molar-refractivity contribution in [1.82, 2.24) is 10.3 Å². The summed E-state index contributed by atoms with van der Waals surface area (Å²) in [5.74, 6) is -0.0463. The van der Waals surface area contributed by atoms with Crippen LogP contribution in [0.1, 0.15) is 26.7 Å². The highest BCUT2D eigenvalue weighted by atomic mass is 35.5. The van der Waals surface area contributed by atoms with Crippen molar-refractivity contribution in [3.8, 4) is 5.75 Å². The van der Waals surface area contributed by atoms with Gasteiger partial charge in [-0.15, -0.1) is 0 Å². The second kappa shape index (κ2) is 8.90. The molecule has 1 saturated heterocycles. The number of hydrogen-bond acceptors (Lipinski definition) is 4. The molecule has 132 valence electrons. The number of rotatable bonds is 5. The van der Waals surface area contributed by atoms with Crippen LogP contribution in [0.4, 0.5) is 0 Å². The summed E-state index contributed by atoms with van der Waals surface area (Å²) in [5.41, 5.74) is 3.51. The van der Waals surface area contributed by atoms with E-state index in [1.165, 1.54) is 12.1 Å². The van der Waals surface area contributed by atoms with E-state index in [9.17, 15) is 4.79 Å². The lowest BCUT2D eigenvalue weighted by molar-refractivity contribution is -0.123.